The zero-order valence-corrected chi connectivity index (χ0v) is 21.9. The van der Waals surface area contributed by atoms with E-state index >= 15 is 0 Å². The van der Waals surface area contributed by atoms with Gasteiger partial charge in [0, 0.05) is 38.5 Å². The molecular formula is C33H23Cl2N2O. The molecule has 6 aromatic rings. The molecule has 1 heterocycles. The van der Waals surface area contributed by atoms with Gasteiger partial charge in [0.25, 0.3) is 0 Å². The van der Waals surface area contributed by atoms with E-state index in [1.807, 2.05) is 36.4 Å². The number of carbonyl (C=O) groups excluding carboxylic acids is 1. The van der Waals surface area contributed by atoms with Crippen molar-refractivity contribution in [2.75, 3.05) is 0 Å². The summed E-state index contributed by atoms with van der Waals surface area (Å²) in [4.78, 5) is 12.4. The summed E-state index contributed by atoms with van der Waals surface area (Å²) in [6.45, 7) is 0.622. The molecule has 0 bridgehead atoms. The Hall–Kier alpha value is -4.05. The molecular weight excluding hydrogens is 511 g/mol. The van der Waals surface area contributed by atoms with Gasteiger partial charge in [-0.2, -0.15) is 0 Å². The molecule has 0 aliphatic rings. The predicted molar refractivity (Wildman–Crippen MR) is 157 cm³/mol. The van der Waals surface area contributed by atoms with Crippen molar-refractivity contribution in [2.24, 2.45) is 5.73 Å². The van der Waals surface area contributed by atoms with E-state index in [0.29, 0.717) is 22.2 Å². The Kier molecular flexibility index (Phi) is 6.40. The van der Waals surface area contributed by atoms with Crippen LogP contribution >= 0.6 is 23.2 Å². The molecule has 0 aliphatic carbocycles. The summed E-state index contributed by atoms with van der Waals surface area (Å²) in [5.41, 5.74) is 13.7. The van der Waals surface area contributed by atoms with Crippen molar-refractivity contribution in [1.29, 1.82) is 0 Å². The van der Waals surface area contributed by atoms with Crippen LogP contribution in [-0.2, 0) is 13.0 Å². The first-order valence-electron chi connectivity index (χ1n) is 12.3. The van der Waals surface area contributed by atoms with Crippen LogP contribution in [-0.4, -0.2) is 10.5 Å². The second-order valence-corrected chi connectivity index (χ2v) is 10.2. The fourth-order valence-electron chi connectivity index (χ4n) is 5.18. The van der Waals surface area contributed by atoms with Crippen LogP contribution in [0.4, 0.5) is 0 Å². The van der Waals surface area contributed by atoms with E-state index in [-0.39, 0.29) is 0 Å². The molecule has 0 aliphatic heterocycles. The third-order valence-electron chi connectivity index (χ3n) is 6.99. The quantitative estimate of drug-likeness (QED) is 0.230. The minimum atomic E-state index is -0.461. The molecule has 0 spiro atoms. The van der Waals surface area contributed by atoms with Gasteiger partial charge in [0.15, 0.2) is 0 Å². The van der Waals surface area contributed by atoms with Crippen LogP contribution in [0.2, 0.25) is 10.0 Å². The Morgan fingerprint density at radius 3 is 2.34 bits per heavy atom. The Bertz CT molecular complexity index is 1820. The number of carbonyl (C=O) groups is 1. The Morgan fingerprint density at radius 1 is 0.816 bits per heavy atom. The molecule has 0 saturated carbocycles. The van der Waals surface area contributed by atoms with E-state index in [0.717, 1.165) is 39.4 Å². The lowest BCUT2D eigenvalue weighted by Gasteiger charge is -2.14. The lowest BCUT2D eigenvalue weighted by Crippen LogP contribution is -2.11. The average molecular weight is 534 g/mol. The fraction of sp³-hybridized carbons (Fsp3) is 0.0606. The van der Waals surface area contributed by atoms with E-state index in [4.69, 9.17) is 28.9 Å². The minimum absolute atomic E-state index is 0.461. The average Bonchev–Trinajstić information content (AvgIpc) is 3.23. The van der Waals surface area contributed by atoms with Gasteiger partial charge in [-0.15, -0.1) is 0 Å². The third kappa shape index (κ3) is 4.45. The SMILES string of the molecule is NC(=O)c1cccc2c1c1[c]cc(-c3ccc(Cl)cc3Cl)cc1n2Cc1ccccc1Cc1ccccc1. The van der Waals surface area contributed by atoms with Crippen LogP contribution in [0.3, 0.4) is 0 Å². The van der Waals surface area contributed by atoms with Crippen LogP contribution in [0.5, 0.6) is 0 Å². The van der Waals surface area contributed by atoms with E-state index in [1.165, 1.54) is 16.7 Å². The largest absolute Gasteiger partial charge is 0.366 e. The van der Waals surface area contributed by atoms with Crippen molar-refractivity contribution >= 4 is 50.9 Å². The van der Waals surface area contributed by atoms with Crippen LogP contribution in [0.25, 0.3) is 32.9 Å². The lowest BCUT2D eigenvalue weighted by molar-refractivity contribution is 0.100. The number of benzene rings is 5. The molecule has 1 aromatic heterocycles. The lowest BCUT2D eigenvalue weighted by atomic mass is 9.99. The molecule has 3 nitrogen and oxygen atoms in total. The Labute approximate surface area is 231 Å². The molecule has 0 fully saturated rings. The van der Waals surface area contributed by atoms with Crippen molar-refractivity contribution in [1.82, 2.24) is 4.57 Å². The van der Waals surface area contributed by atoms with Gasteiger partial charge in [0.2, 0.25) is 5.91 Å². The predicted octanol–water partition coefficient (Wildman–Crippen LogP) is 8.31. The highest BCUT2D eigenvalue weighted by atomic mass is 35.5. The van der Waals surface area contributed by atoms with Crippen LogP contribution in [0.1, 0.15) is 27.0 Å². The molecule has 6 rings (SSSR count). The standard InChI is InChI=1S/C33H23Cl2N2O/c34-25-14-16-26(29(35)19-25)23-13-15-27-31(18-23)37(30-12-6-11-28(32(27)30)33(36)38)20-24-10-5-4-9-22(24)17-21-7-2-1-3-8-21/h1-14,16,18-19H,17,20H2,(H2,36,38). The number of rotatable bonds is 6. The van der Waals surface area contributed by atoms with E-state index in [9.17, 15) is 4.79 Å². The van der Waals surface area contributed by atoms with Gasteiger partial charge in [-0.25, -0.2) is 0 Å². The Morgan fingerprint density at radius 2 is 1.58 bits per heavy atom. The summed E-state index contributed by atoms with van der Waals surface area (Å²) in [7, 11) is 0. The molecule has 0 unspecified atom stereocenters. The highest BCUT2D eigenvalue weighted by Gasteiger charge is 2.19. The van der Waals surface area contributed by atoms with Gasteiger partial charge >= 0.3 is 0 Å². The normalized spacial score (nSPS) is 11.3. The number of amides is 1. The number of aromatic nitrogens is 1. The smallest absolute Gasteiger partial charge is 0.249 e. The summed E-state index contributed by atoms with van der Waals surface area (Å²) < 4.78 is 2.24. The number of nitrogens with zero attached hydrogens (tertiary/aromatic N) is 1. The minimum Gasteiger partial charge on any atom is -0.366 e. The van der Waals surface area contributed by atoms with Gasteiger partial charge in [0.1, 0.15) is 0 Å². The van der Waals surface area contributed by atoms with Gasteiger partial charge in [0.05, 0.1) is 11.0 Å². The second kappa shape index (κ2) is 10.0. The first-order valence-corrected chi connectivity index (χ1v) is 13.1. The second-order valence-electron chi connectivity index (χ2n) is 9.35. The van der Waals surface area contributed by atoms with E-state index in [2.05, 4.69) is 65.2 Å². The molecule has 0 atom stereocenters. The van der Waals surface area contributed by atoms with Crippen molar-refractivity contribution in [3.63, 3.8) is 0 Å². The maximum absolute atomic E-state index is 12.4. The fourth-order valence-corrected chi connectivity index (χ4v) is 5.70. The van der Waals surface area contributed by atoms with Gasteiger partial charge in [-0.1, -0.05) is 89.9 Å². The number of hydrogen-bond acceptors (Lipinski definition) is 1. The number of hydrogen-bond donors (Lipinski definition) is 1. The van der Waals surface area contributed by atoms with Gasteiger partial charge < -0.3 is 10.3 Å². The molecule has 0 saturated heterocycles. The number of primary amides is 1. The molecule has 2 N–H and O–H groups in total. The first kappa shape index (κ1) is 24.3. The molecule has 38 heavy (non-hydrogen) atoms. The molecule has 5 aromatic carbocycles. The van der Waals surface area contributed by atoms with E-state index in [1.54, 1.807) is 12.1 Å². The van der Waals surface area contributed by atoms with Gasteiger partial charge in [-0.3, -0.25) is 4.79 Å². The maximum atomic E-state index is 12.4. The number of halogens is 2. The zero-order valence-electron chi connectivity index (χ0n) is 20.4. The summed E-state index contributed by atoms with van der Waals surface area (Å²) in [6, 6.07) is 37.6. The monoisotopic (exact) mass is 533 g/mol. The molecule has 1 amide bonds. The highest BCUT2D eigenvalue weighted by molar-refractivity contribution is 6.36. The van der Waals surface area contributed by atoms with Crippen LogP contribution in [0.15, 0.2) is 103 Å². The summed E-state index contributed by atoms with van der Waals surface area (Å²) >= 11 is 12.7. The number of nitrogens with two attached hydrogens (primary N) is 1. The van der Waals surface area contributed by atoms with Crippen molar-refractivity contribution in [2.45, 2.75) is 13.0 Å². The first-order chi connectivity index (χ1) is 18.5. The molecule has 5 heteroatoms. The van der Waals surface area contributed by atoms with Crippen molar-refractivity contribution in [3.8, 4) is 11.1 Å². The zero-order chi connectivity index (χ0) is 26.2. The van der Waals surface area contributed by atoms with E-state index < -0.39 is 5.91 Å². The molecule has 1 radical (unpaired) electrons. The highest BCUT2D eigenvalue weighted by Crippen LogP contribution is 2.37. The van der Waals surface area contributed by atoms with Crippen LogP contribution in [0, 0.1) is 6.07 Å². The number of fused-ring (bicyclic) bond motifs is 3. The van der Waals surface area contributed by atoms with Crippen molar-refractivity contribution in [3.05, 3.63) is 141 Å². The summed E-state index contributed by atoms with van der Waals surface area (Å²) in [6.07, 6.45) is 0.832. The summed E-state index contributed by atoms with van der Waals surface area (Å²) in [5, 5.41) is 2.81. The molecule has 185 valence electrons. The van der Waals surface area contributed by atoms with Crippen LogP contribution < -0.4 is 5.73 Å². The topological polar surface area (TPSA) is 48.0 Å². The van der Waals surface area contributed by atoms with Gasteiger partial charge in [-0.05, 0) is 71.1 Å². The third-order valence-corrected chi connectivity index (χ3v) is 7.53. The Balaban J connectivity index is 1.56. The summed E-state index contributed by atoms with van der Waals surface area (Å²) in [5.74, 6) is -0.461. The maximum Gasteiger partial charge on any atom is 0.249 e. The van der Waals surface area contributed by atoms with Crippen molar-refractivity contribution < 1.29 is 4.79 Å².